The second-order valence-corrected chi connectivity index (χ2v) is 7.64. The average molecular weight is 266 g/mol. The molecule has 0 radical (unpaired) electrons. The molecule has 0 saturated heterocycles. The van der Waals surface area contributed by atoms with Gasteiger partial charge in [0.25, 0.3) is 0 Å². The van der Waals surface area contributed by atoms with Crippen molar-refractivity contribution in [3.05, 3.63) is 65.2 Å². The molecular formula is C18H19P. The Morgan fingerprint density at radius 1 is 0.895 bits per heavy atom. The molecule has 96 valence electrons. The highest BCUT2D eigenvalue weighted by Crippen LogP contribution is 2.53. The second-order valence-electron chi connectivity index (χ2n) is 5.41. The smallest absolute Gasteiger partial charge is 0.00539 e. The van der Waals surface area contributed by atoms with E-state index in [4.69, 9.17) is 0 Å². The van der Waals surface area contributed by atoms with Gasteiger partial charge >= 0.3 is 0 Å². The zero-order valence-electron chi connectivity index (χ0n) is 11.8. The van der Waals surface area contributed by atoms with Crippen LogP contribution in [0.1, 0.15) is 18.1 Å². The molecule has 2 aromatic rings. The SMILES string of the molecule is CC1=C(P(C)C)c2c(cccc2-c2ccccc2)C1. The summed E-state index contributed by atoms with van der Waals surface area (Å²) in [6.07, 6.45) is 1.13. The Labute approximate surface area is 116 Å². The number of hydrogen-bond donors (Lipinski definition) is 0. The fourth-order valence-corrected chi connectivity index (χ4v) is 4.63. The van der Waals surface area contributed by atoms with Gasteiger partial charge in [0, 0.05) is 0 Å². The molecule has 0 spiro atoms. The lowest BCUT2D eigenvalue weighted by molar-refractivity contribution is 1.19. The van der Waals surface area contributed by atoms with Gasteiger partial charge in [0.1, 0.15) is 0 Å². The average Bonchev–Trinajstić information content (AvgIpc) is 2.75. The molecule has 0 unspecified atom stereocenters. The van der Waals surface area contributed by atoms with Crippen LogP contribution >= 0.6 is 7.92 Å². The Kier molecular flexibility index (Phi) is 3.29. The first-order chi connectivity index (χ1) is 9.18. The monoisotopic (exact) mass is 266 g/mol. The van der Waals surface area contributed by atoms with E-state index < -0.39 is 0 Å². The van der Waals surface area contributed by atoms with E-state index in [0.717, 1.165) is 6.42 Å². The summed E-state index contributed by atoms with van der Waals surface area (Å²) in [5.41, 5.74) is 7.33. The van der Waals surface area contributed by atoms with Gasteiger partial charge in [0.05, 0.1) is 0 Å². The number of rotatable bonds is 2. The third-order valence-electron chi connectivity index (χ3n) is 3.78. The van der Waals surface area contributed by atoms with Gasteiger partial charge in [-0.25, -0.2) is 0 Å². The van der Waals surface area contributed by atoms with Crippen LogP contribution < -0.4 is 0 Å². The quantitative estimate of drug-likeness (QED) is 0.640. The number of fused-ring (bicyclic) bond motifs is 1. The molecule has 0 bridgehead atoms. The molecule has 1 heteroatoms. The summed E-state index contributed by atoms with van der Waals surface area (Å²) in [7, 11) is -0.0545. The van der Waals surface area contributed by atoms with Crippen molar-refractivity contribution in [2.45, 2.75) is 13.3 Å². The Bertz CT molecular complexity index is 636. The van der Waals surface area contributed by atoms with Crippen molar-refractivity contribution >= 4 is 13.2 Å². The maximum atomic E-state index is 2.37. The summed E-state index contributed by atoms with van der Waals surface area (Å²) in [6, 6.07) is 17.5. The van der Waals surface area contributed by atoms with Crippen LogP contribution in [0.4, 0.5) is 0 Å². The zero-order chi connectivity index (χ0) is 13.4. The number of benzene rings is 2. The standard InChI is InChI=1S/C18H19P/c1-13-12-15-10-7-11-16(14-8-5-4-6-9-14)17(15)18(13)19(2)3/h4-11H,12H2,1-3H3. The molecule has 3 rings (SSSR count). The van der Waals surface area contributed by atoms with Crippen molar-refractivity contribution in [3.63, 3.8) is 0 Å². The first-order valence-electron chi connectivity index (χ1n) is 6.73. The van der Waals surface area contributed by atoms with Gasteiger partial charge in [0.15, 0.2) is 0 Å². The molecule has 0 nitrogen and oxygen atoms in total. The first kappa shape index (κ1) is 12.6. The van der Waals surface area contributed by atoms with Gasteiger partial charge < -0.3 is 0 Å². The van der Waals surface area contributed by atoms with Gasteiger partial charge in [-0.2, -0.15) is 0 Å². The van der Waals surface area contributed by atoms with Crippen LogP contribution in [0.15, 0.2) is 54.1 Å². The Balaban J connectivity index is 2.23. The predicted molar refractivity (Wildman–Crippen MR) is 86.9 cm³/mol. The van der Waals surface area contributed by atoms with E-state index in [2.05, 4.69) is 68.8 Å². The molecule has 19 heavy (non-hydrogen) atoms. The largest absolute Gasteiger partial charge is 0.0810 e. The molecule has 0 heterocycles. The minimum atomic E-state index is -0.0545. The molecule has 0 N–H and O–H groups in total. The van der Waals surface area contributed by atoms with E-state index in [1.54, 1.807) is 10.9 Å². The molecule has 2 aromatic carbocycles. The van der Waals surface area contributed by atoms with Crippen LogP contribution in [0.3, 0.4) is 0 Å². The van der Waals surface area contributed by atoms with Crippen LogP contribution in [-0.4, -0.2) is 13.3 Å². The summed E-state index contributed by atoms with van der Waals surface area (Å²) in [5.74, 6) is 0. The Hall–Kier alpha value is -1.39. The lowest BCUT2D eigenvalue weighted by Crippen LogP contribution is -1.89. The molecular weight excluding hydrogens is 247 g/mol. The van der Waals surface area contributed by atoms with Crippen molar-refractivity contribution < 1.29 is 0 Å². The molecule has 0 saturated carbocycles. The predicted octanol–water partition coefficient (Wildman–Crippen LogP) is 5.38. The van der Waals surface area contributed by atoms with Crippen LogP contribution in [-0.2, 0) is 6.42 Å². The fraction of sp³-hybridized carbons (Fsp3) is 0.222. The molecule has 0 aliphatic heterocycles. The molecule has 0 aromatic heterocycles. The second kappa shape index (κ2) is 4.94. The van der Waals surface area contributed by atoms with Gasteiger partial charge in [0.2, 0.25) is 0 Å². The van der Waals surface area contributed by atoms with Crippen molar-refractivity contribution in [1.29, 1.82) is 0 Å². The first-order valence-corrected chi connectivity index (χ1v) is 8.97. The van der Waals surface area contributed by atoms with E-state index >= 15 is 0 Å². The summed E-state index contributed by atoms with van der Waals surface area (Å²) in [4.78, 5) is 0. The third-order valence-corrected chi connectivity index (χ3v) is 5.28. The highest BCUT2D eigenvalue weighted by molar-refractivity contribution is 7.67. The minimum Gasteiger partial charge on any atom is -0.0810 e. The Morgan fingerprint density at radius 3 is 2.32 bits per heavy atom. The summed E-state index contributed by atoms with van der Waals surface area (Å²) in [5, 5.41) is 1.62. The molecule has 0 amide bonds. The van der Waals surface area contributed by atoms with Gasteiger partial charge in [-0.15, -0.1) is 0 Å². The zero-order valence-corrected chi connectivity index (χ0v) is 12.7. The maximum Gasteiger partial charge on any atom is -0.00539 e. The van der Waals surface area contributed by atoms with Crippen molar-refractivity contribution in [2.75, 3.05) is 13.3 Å². The topological polar surface area (TPSA) is 0 Å². The van der Waals surface area contributed by atoms with Crippen LogP contribution in [0.25, 0.3) is 16.4 Å². The van der Waals surface area contributed by atoms with Gasteiger partial charge in [-0.1, -0.05) is 62.0 Å². The minimum absolute atomic E-state index is 0.0545. The number of allylic oxidation sites excluding steroid dienone is 1. The molecule has 1 aliphatic carbocycles. The molecule has 0 atom stereocenters. The molecule has 0 fully saturated rings. The highest BCUT2D eigenvalue weighted by Gasteiger charge is 2.23. The van der Waals surface area contributed by atoms with Crippen molar-refractivity contribution in [1.82, 2.24) is 0 Å². The van der Waals surface area contributed by atoms with Crippen molar-refractivity contribution in [3.8, 4) is 11.1 Å². The van der Waals surface area contributed by atoms with E-state index in [1.165, 1.54) is 22.3 Å². The fourth-order valence-electron chi connectivity index (χ4n) is 3.07. The van der Waals surface area contributed by atoms with Crippen LogP contribution in [0.5, 0.6) is 0 Å². The normalized spacial score (nSPS) is 14.1. The van der Waals surface area contributed by atoms with E-state index in [-0.39, 0.29) is 7.92 Å². The lowest BCUT2D eigenvalue weighted by Gasteiger charge is -2.16. The lowest BCUT2D eigenvalue weighted by atomic mass is 9.97. The summed E-state index contributed by atoms with van der Waals surface area (Å²) in [6.45, 7) is 7.03. The van der Waals surface area contributed by atoms with E-state index in [9.17, 15) is 0 Å². The van der Waals surface area contributed by atoms with Gasteiger partial charge in [-0.3, -0.25) is 0 Å². The van der Waals surface area contributed by atoms with E-state index in [1.807, 2.05) is 0 Å². The van der Waals surface area contributed by atoms with Crippen LogP contribution in [0, 0.1) is 0 Å². The summed E-state index contributed by atoms with van der Waals surface area (Å²) < 4.78 is 0. The van der Waals surface area contributed by atoms with Crippen molar-refractivity contribution in [2.24, 2.45) is 0 Å². The molecule has 1 aliphatic rings. The van der Waals surface area contributed by atoms with Gasteiger partial charge in [-0.05, 0) is 54.2 Å². The summed E-state index contributed by atoms with van der Waals surface area (Å²) >= 11 is 0. The number of hydrogen-bond acceptors (Lipinski definition) is 0. The Morgan fingerprint density at radius 2 is 1.63 bits per heavy atom. The third kappa shape index (κ3) is 2.15. The maximum absolute atomic E-state index is 2.37. The highest BCUT2D eigenvalue weighted by atomic mass is 31.1. The van der Waals surface area contributed by atoms with E-state index in [0.29, 0.717) is 0 Å². The van der Waals surface area contributed by atoms with Crippen LogP contribution in [0.2, 0.25) is 0 Å².